The second-order valence-electron chi connectivity index (χ2n) is 5.22. The van der Waals surface area contributed by atoms with E-state index in [2.05, 4.69) is 16.0 Å². The zero-order valence-corrected chi connectivity index (χ0v) is 14.1. The van der Waals surface area contributed by atoms with Crippen molar-refractivity contribution >= 4 is 50.3 Å². The Morgan fingerprint density at radius 1 is 1.17 bits per heavy atom. The molecule has 6 nitrogen and oxygen atoms in total. The molecule has 8 heteroatoms. The summed E-state index contributed by atoms with van der Waals surface area (Å²) in [4.78, 5) is 31.2. The molecule has 0 unspecified atom stereocenters. The first-order valence-corrected chi connectivity index (χ1v) is 9.28. The Morgan fingerprint density at radius 3 is 2.61 bits per heavy atom. The van der Waals surface area contributed by atoms with E-state index in [0.29, 0.717) is 13.1 Å². The summed E-state index contributed by atoms with van der Waals surface area (Å²) in [6.45, 7) is 2.83. The number of rotatable bonds is 5. The van der Waals surface area contributed by atoms with Gasteiger partial charge in [-0.2, -0.15) is 0 Å². The van der Waals surface area contributed by atoms with Crippen molar-refractivity contribution in [2.24, 2.45) is 0 Å². The normalized spacial score (nSPS) is 15.1. The van der Waals surface area contributed by atoms with Crippen LogP contribution in [0.15, 0.2) is 24.3 Å². The fraction of sp³-hybridized carbons (Fsp3) is 0.400. The molecule has 1 aromatic carbocycles. The molecular formula is C15H17N3O3S2. The Morgan fingerprint density at radius 2 is 1.91 bits per heavy atom. The van der Waals surface area contributed by atoms with Crippen molar-refractivity contribution in [3.63, 3.8) is 0 Å². The number of aliphatic carboxylic acids is 1. The van der Waals surface area contributed by atoms with E-state index in [1.165, 1.54) is 4.70 Å². The average Bonchev–Trinajstić information content (AvgIpc) is 2.98. The van der Waals surface area contributed by atoms with Crippen LogP contribution in [-0.2, 0) is 9.59 Å². The minimum Gasteiger partial charge on any atom is -0.481 e. The van der Waals surface area contributed by atoms with Crippen LogP contribution in [0, 0.1) is 0 Å². The summed E-state index contributed by atoms with van der Waals surface area (Å²) in [7, 11) is 0. The van der Waals surface area contributed by atoms with Crippen molar-refractivity contribution in [1.82, 2.24) is 9.88 Å². The van der Waals surface area contributed by atoms with Crippen LogP contribution in [0.4, 0.5) is 5.13 Å². The maximum atomic E-state index is 12.0. The van der Waals surface area contributed by atoms with Gasteiger partial charge >= 0.3 is 5.97 Å². The summed E-state index contributed by atoms with van der Waals surface area (Å²) in [5, 5.41) is 9.60. The van der Waals surface area contributed by atoms with Crippen LogP contribution in [0.5, 0.6) is 0 Å². The zero-order chi connectivity index (χ0) is 16.2. The van der Waals surface area contributed by atoms with E-state index < -0.39 is 5.97 Å². The number of thiazole rings is 1. The molecule has 1 saturated heterocycles. The molecule has 1 fully saturated rings. The lowest BCUT2D eigenvalue weighted by Crippen LogP contribution is -2.49. The quantitative estimate of drug-likeness (QED) is 0.885. The third kappa shape index (κ3) is 3.94. The minimum absolute atomic E-state index is 0.0141. The molecule has 0 saturated carbocycles. The minimum atomic E-state index is -0.886. The van der Waals surface area contributed by atoms with Crippen LogP contribution in [-0.4, -0.2) is 64.6 Å². The Bertz CT molecular complexity index is 678. The van der Waals surface area contributed by atoms with Gasteiger partial charge < -0.3 is 14.9 Å². The standard InChI is InChI=1S/C15H17N3O3S2/c19-13(9-22-10-14(20)21)17-5-7-18(8-6-17)15-16-11-3-1-2-4-12(11)23-15/h1-4H,5-10H2,(H,20,21). The van der Waals surface area contributed by atoms with Crippen molar-refractivity contribution in [2.45, 2.75) is 0 Å². The van der Waals surface area contributed by atoms with Gasteiger partial charge in [0.05, 0.1) is 21.7 Å². The molecule has 2 aromatic rings. The van der Waals surface area contributed by atoms with E-state index in [9.17, 15) is 9.59 Å². The molecule has 0 aliphatic carbocycles. The van der Waals surface area contributed by atoms with Gasteiger partial charge in [0, 0.05) is 26.2 Å². The molecule has 1 aliphatic heterocycles. The van der Waals surface area contributed by atoms with Crippen molar-refractivity contribution in [3.8, 4) is 0 Å². The van der Waals surface area contributed by atoms with Crippen LogP contribution in [0.1, 0.15) is 0 Å². The highest BCUT2D eigenvalue weighted by molar-refractivity contribution is 8.00. The Hall–Kier alpha value is -1.80. The summed E-state index contributed by atoms with van der Waals surface area (Å²) >= 11 is 2.82. The van der Waals surface area contributed by atoms with Crippen LogP contribution in [0.3, 0.4) is 0 Å². The Balaban J connectivity index is 1.53. The molecule has 1 aromatic heterocycles. The zero-order valence-electron chi connectivity index (χ0n) is 12.5. The van der Waals surface area contributed by atoms with Gasteiger partial charge in [0.15, 0.2) is 5.13 Å². The summed E-state index contributed by atoms with van der Waals surface area (Å²) in [5.41, 5.74) is 1.01. The van der Waals surface area contributed by atoms with E-state index in [1.807, 2.05) is 18.2 Å². The van der Waals surface area contributed by atoms with Crippen molar-refractivity contribution < 1.29 is 14.7 Å². The molecule has 0 radical (unpaired) electrons. The highest BCUT2D eigenvalue weighted by Gasteiger charge is 2.23. The van der Waals surface area contributed by atoms with Gasteiger partial charge in [0.2, 0.25) is 5.91 Å². The van der Waals surface area contributed by atoms with Crippen molar-refractivity contribution in [2.75, 3.05) is 42.6 Å². The fourth-order valence-corrected chi connectivity index (χ4v) is 4.11. The smallest absolute Gasteiger partial charge is 0.313 e. The first-order chi connectivity index (χ1) is 11.1. The lowest BCUT2D eigenvalue weighted by atomic mass is 10.3. The fourth-order valence-electron chi connectivity index (χ4n) is 2.46. The number of carboxylic acid groups (broad SMARTS) is 1. The second kappa shape index (κ2) is 7.18. The highest BCUT2D eigenvalue weighted by atomic mass is 32.2. The Kier molecular flexibility index (Phi) is 5.02. The third-order valence-corrected chi connectivity index (χ3v) is 5.64. The number of piperazine rings is 1. The molecule has 1 aliphatic rings. The molecule has 0 atom stereocenters. The predicted octanol–water partition coefficient (Wildman–Crippen LogP) is 1.76. The van der Waals surface area contributed by atoms with E-state index in [0.717, 1.165) is 35.5 Å². The number of benzene rings is 1. The number of carbonyl (C=O) groups excluding carboxylic acids is 1. The monoisotopic (exact) mass is 351 g/mol. The predicted molar refractivity (Wildman–Crippen MR) is 93.4 cm³/mol. The number of anilines is 1. The maximum Gasteiger partial charge on any atom is 0.313 e. The first-order valence-electron chi connectivity index (χ1n) is 7.31. The number of para-hydroxylation sites is 1. The summed E-state index contributed by atoms with van der Waals surface area (Å²) < 4.78 is 1.17. The molecule has 23 heavy (non-hydrogen) atoms. The lowest BCUT2D eigenvalue weighted by molar-refractivity contribution is -0.133. The van der Waals surface area contributed by atoms with Crippen LogP contribution >= 0.6 is 23.1 Å². The van der Waals surface area contributed by atoms with E-state index >= 15 is 0 Å². The molecule has 2 heterocycles. The number of hydrogen-bond acceptors (Lipinski definition) is 6. The van der Waals surface area contributed by atoms with Gasteiger partial charge in [-0.3, -0.25) is 9.59 Å². The topological polar surface area (TPSA) is 73.7 Å². The number of fused-ring (bicyclic) bond motifs is 1. The number of hydrogen-bond donors (Lipinski definition) is 1. The van der Waals surface area contributed by atoms with Crippen molar-refractivity contribution in [3.05, 3.63) is 24.3 Å². The molecule has 3 rings (SSSR count). The average molecular weight is 351 g/mol. The third-order valence-electron chi connectivity index (χ3n) is 3.64. The maximum absolute atomic E-state index is 12.0. The van der Waals surface area contributed by atoms with Crippen LogP contribution < -0.4 is 4.90 Å². The number of thioether (sulfide) groups is 1. The molecular weight excluding hydrogens is 334 g/mol. The molecule has 122 valence electrons. The van der Waals surface area contributed by atoms with Crippen molar-refractivity contribution in [1.29, 1.82) is 0 Å². The van der Waals surface area contributed by atoms with E-state index in [1.54, 1.807) is 16.2 Å². The van der Waals surface area contributed by atoms with Gasteiger partial charge in [0.1, 0.15) is 0 Å². The second-order valence-corrected chi connectivity index (χ2v) is 7.21. The van der Waals surface area contributed by atoms with Gasteiger partial charge in [-0.25, -0.2) is 4.98 Å². The van der Waals surface area contributed by atoms with Gasteiger partial charge in [0.25, 0.3) is 0 Å². The van der Waals surface area contributed by atoms with Gasteiger partial charge in [-0.15, -0.1) is 11.8 Å². The largest absolute Gasteiger partial charge is 0.481 e. The number of aromatic nitrogens is 1. The summed E-state index contributed by atoms with van der Waals surface area (Å²) in [6, 6.07) is 8.07. The SMILES string of the molecule is O=C(O)CSCC(=O)N1CCN(c2nc3ccccc3s2)CC1. The summed E-state index contributed by atoms with van der Waals surface area (Å²) in [6.07, 6.45) is 0. The number of carbonyl (C=O) groups is 2. The van der Waals surface area contributed by atoms with Gasteiger partial charge in [-0.05, 0) is 12.1 Å². The number of amides is 1. The lowest BCUT2D eigenvalue weighted by Gasteiger charge is -2.34. The van der Waals surface area contributed by atoms with Gasteiger partial charge in [-0.1, -0.05) is 23.5 Å². The van der Waals surface area contributed by atoms with Crippen LogP contribution in [0.2, 0.25) is 0 Å². The Labute approximate surface area is 142 Å². The summed E-state index contributed by atoms with van der Waals surface area (Å²) in [5.74, 6) is -0.672. The first kappa shape index (κ1) is 16.1. The highest BCUT2D eigenvalue weighted by Crippen LogP contribution is 2.29. The van der Waals surface area contributed by atoms with E-state index in [4.69, 9.17) is 5.11 Å². The van der Waals surface area contributed by atoms with Crippen LogP contribution in [0.25, 0.3) is 10.2 Å². The van der Waals surface area contributed by atoms with E-state index in [-0.39, 0.29) is 17.4 Å². The molecule has 1 amide bonds. The molecule has 1 N–H and O–H groups in total. The number of carboxylic acids is 1. The molecule has 0 spiro atoms. The number of nitrogens with zero attached hydrogens (tertiary/aromatic N) is 3. The molecule has 0 bridgehead atoms.